The van der Waals surface area contributed by atoms with Crippen molar-refractivity contribution in [3.63, 3.8) is 0 Å². The maximum Gasteiger partial charge on any atom is 0.433 e. The average Bonchev–Trinajstić information content (AvgIpc) is 0.795. The molecule has 3 aromatic heterocycles. The number of benzene rings is 5. The van der Waals surface area contributed by atoms with Crippen LogP contribution in [0.4, 0.5) is 71.0 Å². The number of carboxylic acid groups (broad SMARTS) is 1. The highest BCUT2D eigenvalue weighted by atomic mass is 35.5. The van der Waals surface area contributed by atoms with Crippen LogP contribution >= 0.6 is 11.6 Å². The van der Waals surface area contributed by atoms with Gasteiger partial charge in [-0.3, -0.25) is 19.0 Å². The SMILES string of the molecule is CC(=O)c1ccc2nc(C(F)(F)F)cc(Cl)c2c1.Cc1cc([C@@H](C)N)c(F)cc1NS(C)(=O)=O.Cc1cc([C@@H](C)NC(=O)c2ccc3nc(C(F)(F)F)cc(NC4CCCCC4)c3c2)c(F)cc1NS(C)(=O)=O.O=C(O)c1ccc2nc(C(F)(F)F)cc(NC3CCCCC3)c2c1. The number of carbonyl (C=O) groups excluding carboxylic acids is 2. The lowest BCUT2D eigenvalue weighted by Crippen LogP contribution is -2.27. The van der Waals surface area contributed by atoms with Crippen LogP contribution in [0.15, 0.2) is 97.1 Å². The fraction of sp³-hybridized carbons (Fsp3) is 0.364. The number of anilines is 4. The van der Waals surface area contributed by atoms with E-state index in [2.05, 4.69) is 40.3 Å². The molecule has 0 spiro atoms. The zero-order valence-corrected chi connectivity index (χ0v) is 55.6. The number of hydrogen-bond donors (Lipinski definition) is 7. The molecule has 0 saturated heterocycles. The maximum absolute atomic E-state index is 14.8. The summed E-state index contributed by atoms with van der Waals surface area (Å²) in [5, 5.41) is 19.3. The summed E-state index contributed by atoms with van der Waals surface area (Å²) in [5.74, 6) is -3.08. The van der Waals surface area contributed by atoms with Gasteiger partial charge in [0.1, 0.15) is 28.7 Å². The largest absolute Gasteiger partial charge is 0.478 e. The molecule has 8 N–H and O–H groups in total. The summed E-state index contributed by atoms with van der Waals surface area (Å²) >= 11 is 5.79. The molecular formula is C66H69ClF11N9O8S2. The Hall–Kier alpha value is -8.48. The molecule has 2 saturated carbocycles. The van der Waals surface area contributed by atoms with Gasteiger partial charge < -0.3 is 26.8 Å². The van der Waals surface area contributed by atoms with Crippen LogP contribution in [0.25, 0.3) is 32.7 Å². The third kappa shape index (κ3) is 21.0. The quantitative estimate of drug-likeness (QED) is 0.0394. The number of aryl methyl sites for hydroxylation is 2. The molecule has 0 bridgehead atoms. The number of halogens is 12. The Labute approximate surface area is 556 Å². The highest BCUT2D eigenvalue weighted by Gasteiger charge is 2.36. The van der Waals surface area contributed by atoms with Gasteiger partial charge in [0.25, 0.3) is 5.91 Å². The topological polar surface area (TPSA) is 265 Å². The van der Waals surface area contributed by atoms with Gasteiger partial charge in [-0.25, -0.2) is 45.4 Å². The molecule has 0 unspecified atom stereocenters. The summed E-state index contributed by atoms with van der Waals surface area (Å²) in [7, 11) is -7.00. The molecule has 2 aliphatic carbocycles. The molecule has 8 aromatic rings. The van der Waals surface area contributed by atoms with E-state index in [-0.39, 0.29) is 73.2 Å². The fourth-order valence-corrected chi connectivity index (χ4v) is 12.3. The van der Waals surface area contributed by atoms with Crippen LogP contribution < -0.4 is 31.1 Å². The Bertz CT molecular complexity index is 4490. The van der Waals surface area contributed by atoms with Crippen molar-refractivity contribution in [1.82, 2.24) is 20.3 Å². The molecule has 3 heterocycles. The third-order valence-corrected chi connectivity index (χ3v) is 17.2. The Balaban J connectivity index is 0.000000195. The van der Waals surface area contributed by atoms with E-state index in [0.717, 1.165) is 107 Å². The van der Waals surface area contributed by atoms with Gasteiger partial charge >= 0.3 is 24.5 Å². The number of nitrogens with two attached hydrogens (primary N) is 1. The molecule has 10 rings (SSSR count). The van der Waals surface area contributed by atoms with Crippen molar-refractivity contribution in [3.05, 3.63) is 170 Å². The lowest BCUT2D eigenvalue weighted by molar-refractivity contribution is -0.141. The fourth-order valence-electron chi connectivity index (χ4n) is 10.8. The molecular weight excluding hydrogens is 1360 g/mol. The number of rotatable bonds is 14. The Morgan fingerprint density at radius 2 is 0.907 bits per heavy atom. The van der Waals surface area contributed by atoms with Crippen LogP contribution in [-0.4, -0.2) is 79.1 Å². The second-order valence-electron chi connectivity index (χ2n) is 23.7. The molecule has 5 aromatic carbocycles. The van der Waals surface area contributed by atoms with E-state index >= 15 is 0 Å². The lowest BCUT2D eigenvalue weighted by atomic mass is 9.95. The van der Waals surface area contributed by atoms with Crippen molar-refractivity contribution in [1.29, 1.82) is 0 Å². The summed E-state index contributed by atoms with van der Waals surface area (Å²) in [6.45, 7) is 7.91. The molecule has 0 aliphatic heterocycles. The standard InChI is InChI=1S/C27H30F4N4O3S.C17H17F3N2O2.C12H7ClF3NO.C10H15FN2O2S/c1-15-11-19(21(28)13-23(15)35-39(3,37)38)16(2)32-26(36)17-9-10-22-20(12-17)24(14-25(34-22)27(29,30)31)33-18-7-5-4-6-8-18;18-17(19,20)15-9-14(21-11-4-2-1-3-5-11)12-8-10(16(23)24)6-7-13(12)22-15;1-6(18)7-2-3-10-8(4-7)9(13)5-11(17-10)12(14,15)16;1-6-4-8(7(2)12)9(11)5-10(6)13-16(3,14)15/h9-14,16,18,35H,4-8H2,1-3H3,(H,32,36)(H,33,34);6-9,11H,1-5H2,(H,21,22)(H,23,24);2-5H,1H3;4-5,7,13H,12H2,1-3H3/t16-;;;7-/m1..1/s1. The predicted octanol–water partition coefficient (Wildman–Crippen LogP) is 16.6. The van der Waals surface area contributed by atoms with E-state index in [0.29, 0.717) is 44.1 Å². The van der Waals surface area contributed by atoms with Gasteiger partial charge in [0, 0.05) is 67.9 Å². The number of Topliss-reactive ketones (excluding diaryl/α,β-unsaturated/α-hetero) is 1. The van der Waals surface area contributed by atoms with Crippen molar-refractivity contribution in [2.24, 2.45) is 5.73 Å². The minimum absolute atomic E-state index is 0.0225. The number of carboxylic acids is 1. The molecule has 522 valence electrons. The number of sulfonamides is 2. The van der Waals surface area contributed by atoms with Crippen molar-refractivity contribution in [3.8, 4) is 0 Å². The molecule has 0 radical (unpaired) electrons. The van der Waals surface area contributed by atoms with E-state index in [4.69, 9.17) is 22.4 Å². The monoisotopic (exact) mass is 1420 g/mol. The lowest BCUT2D eigenvalue weighted by Gasteiger charge is -2.25. The first-order valence-corrected chi connectivity index (χ1v) is 34.3. The number of ketones is 1. The second kappa shape index (κ2) is 30.9. The van der Waals surface area contributed by atoms with Crippen LogP contribution in [0.2, 0.25) is 5.02 Å². The van der Waals surface area contributed by atoms with Crippen LogP contribution in [0.1, 0.15) is 167 Å². The third-order valence-electron chi connectivity index (χ3n) is 15.7. The molecule has 2 fully saturated rings. The predicted molar refractivity (Wildman–Crippen MR) is 351 cm³/mol. The number of nitrogens with zero attached hydrogens (tertiary/aromatic N) is 3. The first-order chi connectivity index (χ1) is 45.0. The minimum atomic E-state index is -4.63. The average molecular weight is 1420 g/mol. The number of aromatic nitrogens is 3. The Morgan fingerprint density at radius 1 is 0.536 bits per heavy atom. The molecule has 2 aliphatic rings. The smallest absolute Gasteiger partial charge is 0.433 e. The van der Waals surface area contributed by atoms with Crippen molar-refractivity contribution in [2.45, 2.75) is 142 Å². The van der Waals surface area contributed by atoms with E-state index in [9.17, 15) is 79.5 Å². The molecule has 17 nitrogen and oxygen atoms in total. The van der Waals surface area contributed by atoms with Crippen molar-refractivity contribution >= 4 is 105 Å². The highest BCUT2D eigenvalue weighted by molar-refractivity contribution is 7.92. The van der Waals surface area contributed by atoms with Crippen LogP contribution in [0, 0.1) is 25.5 Å². The number of hydrogen-bond acceptors (Lipinski definition) is 13. The van der Waals surface area contributed by atoms with Gasteiger partial charge in [0.2, 0.25) is 20.0 Å². The molecule has 1 amide bonds. The van der Waals surface area contributed by atoms with Gasteiger partial charge in [-0.1, -0.05) is 50.1 Å². The van der Waals surface area contributed by atoms with Crippen LogP contribution in [-0.2, 0) is 38.6 Å². The number of amides is 1. The van der Waals surface area contributed by atoms with E-state index in [1.807, 2.05) is 0 Å². The van der Waals surface area contributed by atoms with Crippen molar-refractivity contribution in [2.75, 3.05) is 32.6 Å². The van der Waals surface area contributed by atoms with Gasteiger partial charge in [-0.05, 0) is 168 Å². The second-order valence-corrected chi connectivity index (χ2v) is 27.6. The number of pyridine rings is 3. The minimum Gasteiger partial charge on any atom is -0.478 e. The summed E-state index contributed by atoms with van der Waals surface area (Å²) < 4.78 is 195. The Morgan fingerprint density at radius 3 is 1.31 bits per heavy atom. The van der Waals surface area contributed by atoms with Gasteiger partial charge in [-0.15, -0.1) is 0 Å². The molecule has 2 atom stereocenters. The normalized spacial score (nSPS) is 14.8. The van der Waals surface area contributed by atoms with E-state index in [1.54, 1.807) is 33.8 Å². The number of nitrogens with one attached hydrogen (secondary N) is 5. The number of alkyl halides is 9. The number of aromatic carboxylic acids is 1. The van der Waals surface area contributed by atoms with Gasteiger partial charge in [0.05, 0.1) is 57.1 Å². The van der Waals surface area contributed by atoms with Crippen molar-refractivity contribution < 1.29 is 84.6 Å². The highest BCUT2D eigenvalue weighted by Crippen LogP contribution is 2.39. The zero-order chi connectivity index (χ0) is 71.9. The molecule has 31 heteroatoms. The van der Waals surface area contributed by atoms with E-state index < -0.39 is 91.3 Å². The zero-order valence-electron chi connectivity index (χ0n) is 53.2. The first kappa shape index (κ1) is 75.9. The Kier molecular flexibility index (Phi) is 24.2. The summed E-state index contributed by atoms with van der Waals surface area (Å²) in [5.41, 5.74) is 5.98. The summed E-state index contributed by atoms with van der Waals surface area (Å²) in [4.78, 5) is 46.3. The molecule has 97 heavy (non-hydrogen) atoms. The van der Waals surface area contributed by atoms with Crippen LogP contribution in [0.3, 0.4) is 0 Å². The number of carbonyl (C=O) groups is 3. The van der Waals surface area contributed by atoms with Crippen LogP contribution in [0.5, 0.6) is 0 Å². The van der Waals surface area contributed by atoms with Gasteiger partial charge in [-0.2, -0.15) is 39.5 Å². The summed E-state index contributed by atoms with van der Waals surface area (Å²) in [6, 6.07) is 19.2. The number of fused-ring (bicyclic) bond motifs is 3. The van der Waals surface area contributed by atoms with E-state index in [1.165, 1.54) is 67.6 Å². The summed E-state index contributed by atoms with van der Waals surface area (Å²) in [6.07, 6.45) is -2.03. The van der Waals surface area contributed by atoms with Gasteiger partial charge in [0.15, 0.2) is 5.78 Å². The maximum atomic E-state index is 14.8. The first-order valence-electron chi connectivity index (χ1n) is 30.2.